The average molecular weight is 362 g/mol. The van der Waals surface area contributed by atoms with Crippen molar-refractivity contribution in [2.24, 2.45) is 11.7 Å². The van der Waals surface area contributed by atoms with E-state index in [1.54, 1.807) is 18.2 Å². The van der Waals surface area contributed by atoms with Crippen molar-refractivity contribution in [2.75, 3.05) is 0 Å². The molecule has 2 N–H and O–H groups in total. The molecule has 27 heavy (non-hydrogen) atoms. The topological polar surface area (TPSA) is 43.1 Å². The van der Waals surface area contributed by atoms with Gasteiger partial charge in [0.05, 0.1) is 0 Å². The first-order chi connectivity index (χ1) is 12.7. The normalized spacial score (nSPS) is 18.6. The summed E-state index contributed by atoms with van der Waals surface area (Å²) in [5, 5.41) is 0. The summed E-state index contributed by atoms with van der Waals surface area (Å²) in [7, 11) is 0. The Morgan fingerprint density at radius 2 is 1.96 bits per heavy atom. The zero-order chi connectivity index (χ0) is 20.6. The molecule has 1 aliphatic carbocycles. The van der Waals surface area contributed by atoms with Crippen LogP contribution in [0, 0.1) is 5.92 Å². The Balaban J connectivity index is 3.15. The van der Waals surface area contributed by atoms with E-state index in [0.29, 0.717) is 28.3 Å². The number of hydrogen-bond donors (Lipinski definition) is 1. The fourth-order valence-corrected chi connectivity index (χ4v) is 3.20. The summed E-state index contributed by atoms with van der Waals surface area (Å²) in [6.07, 6.45) is 12.0. The quantitative estimate of drug-likeness (QED) is 0.325. The average Bonchev–Trinajstić information content (AvgIpc) is 2.62. The van der Waals surface area contributed by atoms with Crippen molar-refractivity contribution >= 4 is 5.78 Å². The Hall–Kier alpha value is -2.83. The maximum absolute atomic E-state index is 12.0. The first-order valence-corrected chi connectivity index (χ1v) is 9.14. The van der Waals surface area contributed by atoms with E-state index in [0.717, 1.165) is 30.4 Å². The molecule has 0 aromatic rings. The molecule has 0 amide bonds. The van der Waals surface area contributed by atoms with Crippen LogP contribution in [0.25, 0.3) is 0 Å². The molecule has 0 saturated heterocycles. The lowest BCUT2D eigenvalue weighted by molar-refractivity contribution is -0.113. The predicted molar refractivity (Wildman–Crippen MR) is 117 cm³/mol. The lowest BCUT2D eigenvalue weighted by atomic mass is 9.82. The summed E-state index contributed by atoms with van der Waals surface area (Å²) < 4.78 is 0. The molecule has 1 unspecified atom stereocenters. The van der Waals surface area contributed by atoms with E-state index in [4.69, 9.17) is 5.73 Å². The van der Waals surface area contributed by atoms with Crippen molar-refractivity contribution in [3.63, 3.8) is 0 Å². The molecule has 0 spiro atoms. The second-order valence-corrected chi connectivity index (χ2v) is 6.93. The van der Waals surface area contributed by atoms with Crippen LogP contribution in [-0.4, -0.2) is 5.78 Å². The van der Waals surface area contributed by atoms with E-state index in [1.807, 2.05) is 19.1 Å². The highest BCUT2D eigenvalue weighted by Gasteiger charge is 2.19. The Morgan fingerprint density at radius 1 is 1.30 bits per heavy atom. The summed E-state index contributed by atoms with van der Waals surface area (Å²) in [6.45, 7) is 21.1. The van der Waals surface area contributed by atoms with Gasteiger partial charge in [-0.15, -0.1) is 5.73 Å². The van der Waals surface area contributed by atoms with Gasteiger partial charge in [0.25, 0.3) is 0 Å². The highest BCUT2D eigenvalue weighted by Crippen LogP contribution is 2.33. The summed E-state index contributed by atoms with van der Waals surface area (Å²) in [6, 6.07) is 0. The first kappa shape index (κ1) is 22.2. The minimum absolute atomic E-state index is 0.0265. The predicted octanol–water partition coefficient (Wildman–Crippen LogP) is 6.05. The monoisotopic (exact) mass is 361 g/mol. The Bertz CT molecular complexity index is 820. The van der Waals surface area contributed by atoms with Gasteiger partial charge in [0.15, 0.2) is 5.78 Å². The van der Waals surface area contributed by atoms with Crippen LogP contribution in [0.5, 0.6) is 0 Å². The van der Waals surface area contributed by atoms with Crippen LogP contribution < -0.4 is 5.73 Å². The maximum atomic E-state index is 12.0. The Kier molecular flexibility index (Phi) is 8.51. The van der Waals surface area contributed by atoms with E-state index in [9.17, 15) is 4.79 Å². The number of carbonyl (C=O) groups excluding carboxylic acids is 1. The molecule has 0 fully saturated rings. The van der Waals surface area contributed by atoms with E-state index < -0.39 is 0 Å². The molecule has 1 rings (SSSR count). The van der Waals surface area contributed by atoms with Crippen molar-refractivity contribution < 1.29 is 4.79 Å². The number of hydrogen-bond acceptors (Lipinski definition) is 2. The standard InChI is InChI=1S/C25H31NO/c1-8-10-12-23(21(7)27)20(6)19(5)18(4)15-25(26)24-16-22(11-9-2)14-13-17(24)3/h8,10-12,15,22H,1-2,4-5,13-14,16,26H2,3,6-7H3/b12-10-,23-20-,25-15+. The molecule has 1 atom stereocenters. The molecule has 1 aliphatic rings. The summed E-state index contributed by atoms with van der Waals surface area (Å²) >= 11 is 0. The first-order valence-electron chi connectivity index (χ1n) is 9.14. The van der Waals surface area contributed by atoms with Gasteiger partial charge in [-0.2, -0.15) is 0 Å². The maximum Gasteiger partial charge on any atom is 0.160 e. The zero-order valence-electron chi connectivity index (χ0n) is 16.9. The molecule has 0 radical (unpaired) electrons. The van der Waals surface area contributed by atoms with Crippen LogP contribution in [0.2, 0.25) is 0 Å². The number of Topliss-reactive ketones (excluding diaryl/α,β-unsaturated/α-hetero) is 1. The minimum Gasteiger partial charge on any atom is -0.398 e. The SMILES string of the molecule is C=C=CC1CCC(C)=C(/C(N)=C\C(=C)C(=C)/C(C)=C(/C=C\C=C)C(C)=O)C1. The molecule has 142 valence electrons. The van der Waals surface area contributed by atoms with Gasteiger partial charge in [-0.3, -0.25) is 4.79 Å². The van der Waals surface area contributed by atoms with Crippen LogP contribution in [0.1, 0.15) is 40.0 Å². The smallest absolute Gasteiger partial charge is 0.160 e. The summed E-state index contributed by atoms with van der Waals surface area (Å²) in [5.41, 5.74) is 15.2. The van der Waals surface area contributed by atoms with Crippen LogP contribution >= 0.6 is 0 Å². The van der Waals surface area contributed by atoms with Gasteiger partial charge in [-0.1, -0.05) is 50.1 Å². The third kappa shape index (κ3) is 6.13. The van der Waals surface area contributed by atoms with Crippen molar-refractivity contribution in [1.29, 1.82) is 0 Å². The molecular formula is C25H31NO. The largest absolute Gasteiger partial charge is 0.398 e. The van der Waals surface area contributed by atoms with Gasteiger partial charge in [0, 0.05) is 11.3 Å². The zero-order valence-corrected chi connectivity index (χ0v) is 16.9. The van der Waals surface area contributed by atoms with E-state index in [-0.39, 0.29) is 5.78 Å². The number of ketones is 1. The lowest BCUT2D eigenvalue weighted by Gasteiger charge is -2.24. The second kappa shape index (κ2) is 10.4. The van der Waals surface area contributed by atoms with Crippen molar-refractivity contribution in [2.45, 2.75) is 40.0 Å². The molecule has 2 nitrogen and oxygen atoms in total. The van der Waals surface area contributed by atoms with E-state index in [2.05, 4.69) is 39.0 Å². The number of allylic oxidation sites excluding steroid dienone is 11. The molecule has 0 aromatic carbocycles. The summed E-state index contributed by atoms with van der Waals surface area (Å²) in [4.78, 5) is 12.0. The van der Waals surface area contributed by atoms with Crippen LogP contribution in [-0.2, 0) is 4.79 Å². The fraction of sp³-hybridized carbons (Fsp3) is 0.280. The van der Waals surface area contributed by atoms with Gasteiger partial charge < -0.3 is 5.73 Å². The van der Waals surface area contributed by atoms with Gasteiger partial charge >= 0.3 is 0 Å². The van der Waals surface area contributed by atoms with Gasteiger partial charge in [0.2, 0.25) is 0 Å². The number of nitrogens with two attached hydrogens (primary N) is 1. The molecule has 0 saturated carbocycles. The molecule has 0 aromatic heterocycles. The highest BCUT2D eigenvalue weighted by molar-refractivity contribution is 5.97. The fourth-order valence-electron chi connectivity index (χ4n) is 3.20. The number of rotatable bonds is 8. The van der Waals surface area contributed by atoms with Crippen molar-refractivity contribution in [3.8, 4) is 0 Å². The van der Waals surface area contributed by atoms with E-state index in [1.165, 1.54) is 12.5 Å². The summed E-state index contributed by atoms with van der Waals surface area (Å²) in [5.74, 6) is 0.390. The minimum atomic E-state index is -0.0265. The molecule has 2 heteroatoms. The third-order valence-corrected chi connectivity index (χ3v) is 4.93. The molecule has 0 aliphatic heterocycles. The van der Waals surface area contributed by atoms with Crippen LogP contribution in [0.4, 0.5) is 0 Å². The molecule has 0 bridgehead atoms. The Labute approximate surface area is 164 Å². The van der Waals surface area contributed by atoms with Crippen molar-refractivity contribution in [1.82, 2.24) is 0 Å². The van der Waals surface area contributed by atoms with E-state index >= 15 is 0 Å². The second-order valence-electron chi connectivity index (χ2n) is 6.93. The number of carbonyl (C=O) groups is 1. The molecule has 0 heterocycles. The third-order valence-electron chi connectivity index (χ3n) is 4.93. The van der Waals surface area contributed by atoms with Gasteiger partial charge in [-0.05, 0) is 80.4 Å². The van der Waals surface area contributed by atoms with Gasteiger partial charge in [0.1, 0.15) is 0 Å². The van der Waals surface area contributed by atoms with Gasteiger partial charge in [-0.25, -0.2) is 0 Å². The van der Waals surface area contributed by atoms with Crippen LogP contribution in [0.3, 0.4) is 0 Å². The molecular weight excluding hydrogens is 330 g/mol. The lowest BCUT2D eigenvalue weighted by Crippen LogP contribution is -2.13. The highest BCUT2D eigenvalue weighted by atomic mass is 16.1. The Morgan fingerprint density at radius 3 is 2.52 bits per heavy atom. The van der Waals surface area contributed by atoms with Crippen molar-refractivity contribution in [3.05, 3.63) is 102 Å². The van der Waals surface area contributed by atoms with Crippen LogP contribution in [0.15, 0.2) is 102 Å².